The Bertz CT molecular complexity index is 1050. The lowest BCUT2D eigenvalue weighted by Crippen LogP contribution is -2.45. The molecule has 31 heavy (non-hydrogen) atoms. The number of nitrogens with one attached hydrogen (secondary N) is 2. The number of fused-ring (bicyclic) bond motifs is 1. The van der Waals surface area contributed by atoms with Gasteiger partial charge in [0.25, 0.3) is 5.91 Å². The van der Waals surface area contributed by atoms with Crippen molar-refractivity contribution in [3.63, 3.8) is 0 Å². The Morgan fingerprint density at radius 2 is 1.90 bits per heavy atom. The summed E-state index contributed by atoms with van der Waals surface area (Å²) in [6.45, 7) is 3.36. The summed E-state index contributed by atoms with van der Waals surface area (Å²) in [4.78, 5) is 22.2. The van der Waals surface area contributed by atoms with Gasteiger partial charge in [-0.2, -0.15) is 0 Å². The van der Waals surface area contributed by atoms with E-state index in [-0.39, 0.29) is 11.3 Å². The lowest BCUT2D eigenvalue weighted by Gasteiger charge is -2.38. The molecule has 0 fully saturated rings. The maximum atomic E-state index is 13.0. The normalized spacial score (nSPS) is 17.5. The highest BCUT2D eigenvalue weighted by molar-refractivity contribution is 5.97. The summed E-state index contributed by atoms with van der Waals surface area (Å²) in [6.07, 6.45) is 4.46. The second-order valence-electron chi connectivity index (χ2n) is 7.90. The molecule has 0 saturated heterocycles. The van der Waals surface area contributed by atoms with Crippen LogP contribution in [0.2, 0.25) is 0 Å². The number of para-hydroxylation sites is 1. The van der Waals surface area contributed by atoms with Crippen LogP contribution in [0.25, 0.3) is 0 Å². The van der Waals surface area contributed by atoms with Crippen LogP contribution in [-0.4, -0.2) is 36.1 Å². The number of methoxy groups -OCH3 is 1. The van der Waals surface area contributed by atoms with E-state index in [2.05, 4.69) is 39.9 Å². The third-order valence-corrected chi connectivity index (χ3v) is 5.98. The zero-order valence-corrected chi connectivity index (χ0v) is 18.0. The monoisotopic (exact) mass is 416 g/mol. The fourth-order valence-corrected chi connectivity index (χ4v) is 4.33. The number of nitrogens with zero attached hydrogens (tertiary/aromatic N) is 2. The van der Waals surface area contributed by atoms with Gasteiger partial charge < -0.3 is 15.4 Å². The SMILES string of the molecule is CCNc1ncc2c(n1)CC[C@](CNC(=O)c1ccccc1OC)(c1ccccc1)C2. The molecule has 0 aliphatic heterocycles. The Kier molecular flexibility index (Phi) is 6.16. The molecule has 1 heterocycles. The van der Waals surface area contributed by atoms with Crippen molar-refractivity contribution in [3.05, 3.63) is 83.2 Å². The van der Waals surface area contributed by atoms with Gasteiger partial charge in [0, 0.05) is 30.4 Å². The Labute approximate surface area is 183 Å². The largest absolute Gasteiger partial charge is 0.496 e. The maximum Gasteiger partial charge on any atom is 0.255 e. The summed E-state index contributed by atoms with van der Waals surface area (Å²) in [7, 11) is 1.58. The predicted octanol–water partition coefficient (Wildman–Crippen LogP) is 3.77. The second kappa shape index (κ2) is 9.16. The molecule has 2 N–H and O–H groups in total. The molecular weight excluding hydrogens is 388 g/mol. The van der Waals surface area contributed by atoms with Crippen LogP contribution in [0.1, 0.15) is 40.5 Å². The lowest BCUT2D eigenvalue weighted by atomic mass is 9.68. The van der Waals surface area contributed by atoms with E-state index in [9.17, 15) is 4.79 Å². The Morgan fingerprint density at radius 1 is 1.13 bits per heavy atom. The predicted molar refractivity (Wildman–Crippen MR) is 122 cm³/mol. The van der Waals surface area contributed by atoms with Crippen LogP contribution in [0.3, 0.4) is 0 Å². The minimum absolute atomic E-state index is 0.128. The van der Waals surface area contributed by atoms with E-state index in [0.29, 0.717) is 23.8 Å². The first kappa shape index (κ1) is 20.8. The molecule has 160 valence electrons. The number of anilines is 1. The van der Waals surface area contributed by atoms with Crippen LogP contribution in [-0.2, 0) is 18.3 Å². The lowest BCUT2D eigenvalue weighted by molar-refractivity contribution is 0.0937. The number of rotatable bonds is 7. The van der Waals surface area contributed by atoms with Crippen LogP contribution >= 0.6 is 0 Å². The van der Waals surface area contributed by atoms with Crippen molar-refractivity contribution in [3.8, 4) is 5.75 Å². The molecule has 1 amide bonds. The molecule has 0 radical (unpaired) electrons. The Balaban J connectivity index is 1.61. The van der Waals surface area contributed by atoms with E-state index < -0.39 is 0 Å². The Morgan fingerprint density at radius 3 is 2.68 bits per heavy atom. The molecule has 1 aliphatic rings. The van der Waals surface area contributed by atoms with E-state index in [4.69, 9.17) is 9.72 Å². The van der Waals surface area contributed by atoms with Gasteiger partial charge in [-0.15, -0.1) is 0 Å². The average Bonchev–Trinajstić information content (AvgIpc) is 2.83. The highest BCUT2D eigenvalue weighted by atomic mass is 16.5. The summed E-state index contributed by atoms with van der Waals surface area (Å²) in [5.74, 6) is 1.13. The van der Waals surface area contributed by atoms with Crippen molar-refractivity contribution in [2.24, 2.45) is 0 Å². The quantitative estimate of drug-likeness (QED) is 0.613. The topological polar surface area (TPSA) is 76.1 Å². The van der Waals surface area contributed by atoms with Gasteiger partial charge in [-0.3, -0.25) is 4.79 Å². The molecule has 4 rings (SSSR count). The first-order chi connectivity index (χ1) is 15.1. The van der Waals surface area contributed by atoms with Crippen molar-refractivity contribution in [2.45, 2.75) is 31.6 Å². The summed E-state index contributed by atoms with van der Waals surface area (Å²) >= 11 is 0. The Hall–Kier alpha value is -3.41. The third kappa shape index (κ3) is 4.38. The standard InChI is InChI=1S/C25H28N4O2/c1-3-26-24-27-16-18-15-25(14-13-21(18)29-24,19-9-5-4-6-10-19)17-28-23(30)20-11-7-8-12-22(20)31-2/h4-12,16H,3,13-15,17H2,1-2H3,(H,28,30)(H,26,27,29)/t25-/m0/s1. The van der Waals surface area contributed by atoms with Gasteiger partial charge >= 0.3 is 0 Å². The average molecular weight is 417 g/mol. The molecule has 1 aliphatic carbocycles. The third-order valence-electron chi connectivity index (χ3n) is 5.98. The maximum absolute atomic E-state index is 13.0. The highest BCUT2D eigenvalue weighted by Crippen LogP contribution is 2.38. The van der Waals surface area contributed by atoms with Crippen molar-refractivity contribution >= 4 is 11.9 Å². The molecule has 2 aromatic carbocycles. The number of aromatic nitrogens is 2. The highest BCUT2D eigenvalue weighted by Gasteiger charge is 2.37. The zero-order valence-electron chi connectivity index (χ0n) is 18.0. The van der Waals surface area contributed by atoms with Crippen LogP contribution < -0.4 is 15.4 Å². The van der Waals surface area contributed by atoms with E-state index in [1.165, 1.54) is 5.56 Å². The minimum Gasteiger partial charge on any atom is -0.496 e. The molecular formula is C25H28N4O2. The first-order valence-electron chi connectivity index (χ1n) is 10.7. The molecule has 6 nitrogen and oxygen atoms in total. The fourth-order valence-electron chi connectivity index (χ4n) is 4.33. The molecule has 1 atom stereocenters. The summed E-state index contributed by atoms with van der Waals surface area (Å²) < 4.78 is 5.36. The number of carbonyl (C=O) groups excluding carboxylic acids is 1. The van der Waals surface area contributed by atoms with Gasteiger partial charge in [0.2, 0.25) is 5.95 Å². The van der Waals surface area contributed by atoms with Crippen molar-refractivity contribution in [1.29, 1.82) is 0 Å². The number of hydrogen-bond acceptors (Lipinski definition) is 5. The number of benzene rings is 2. The summed E-state index contributed by atoms with van der Waals surface area (Å²) in [6, 6.07) is 17.7. The van der Waals surface area contributed by atoms with Crippen LogP contribution in [0.4, 0.5) is 5.95 Å². The molecule has 0 unspecified atom stereocenters. The molecule has 3 aromatic rings. The number of hydrogen-bond donors (Lipinski definition) is 2. The van der Waals surface area contributed by atoms with Gasteiger partial charge in [0.1, 0.15) is 5.75 Å². The fraction of sp³-hybridized carbons (Fsp3) is 0.320. The van der Waals surface area contributed by atoms with Gasteiger partial charge in [0.05, 0.1) is 12.7 Å². The van der Waals surface area contributed by atoms with Crippen LogP contribution in [0.5, 0.6) is 5.75 Å². The number of ether oxygens (including phenoxy) is 1. The summed E-state index contributed by atoms with van der Waals surface area (Å²) in [5.41, 5.74) is 3.78. The van der Waals surface area contributed by atoms with Gasteiger partial charge in [-0.25, -0.2) is 9.97 Å². The molecule has 6 heteroatoms. The van der Waals surface area contributed by atoms with Crippen molar-refractivity contribution < 1.29 is 9.53 Å². The second-order valence-corrected chi connectivity index (χ2v) is 7.90. The summed E-state index contributed by atoms with van der Waals surface area (Å²) in [5, 5.41) is 6.36. The molecule has 0 bridgehead atoms. The van der Waals surface area contributed by atoms with E-state index >= 15 is 0 Å². The molecule has 0 spiro atoms. The van der Waals surface area contributed by atoms with Crippen LogP contribution in [0.15, 0.2) is 60.8 Å². The van der Waals surface area contributed by atoms with E-state index in [1.807, 2.05) is 31.3 Å². The van der Waals surface area contributed by atoms with Crippen LogP contribution in [0, 0.1) is 0 Å². The van der Waals surface area contributed by atoms with E-state index in [0.717, 1.165) is 37.1 Å². The zero-order chi connectivity index (χ0) is 21.7. The number of aryl methyl sites for hydroxylation is 1. The first-order valence-corrected chi connectivity index (χ1v) is 10.7. The van der Waals surface area contributed by atoms with Crippen molar-refractivity contribution in [1.82, 2.24) is 15.3 Å². The molecule has 0 saturated carbocycles. The minimum atomic E-state index is -0.213. The number of amides is 1. The molecule has 1 aromatic heterocycles. The smallest absolute Gasteiger partial charge is 0.255 e. The van der Waals surface area contributed by atoms with Crippen molar-refractivity contribution in [2.75, 3.05) is 25.5 Å². The van der Waals surface area contributed by atoms with Gasteiger partial charge in [-0.1, -0.05) is 42.5 Å². The van der Waals surface area contributed by atoms with Gasteiger partial charge in [-0.05, 0) is 49.4 Å². The van der Waals surface area contributed by atoms with E-state index in [1.54, 1.807) is 19.2 Å². The van der Waals surface area contributed by atoms with Gasteiger partial charge in [0.15, 0.2) is 0 Å². The number of carbonyl (C=O) groups is 1.